The number of halogens is 1. The Bertz CT molecular complexity index is 1240. The van der Waals surface area contributed by atoms with Crippen LogP contribution in [0.15, 0.2) is 97.1 Å². The Hall–Kier alpha value is -4.16. The van der Waals surface area contributed by atoms with Gasteiger partial charge in [0.1, 0.15) is 0 Å². The van der Waals surface area contributed by atoms with Gasteiger partial charge >= 0.3 is 0 Å². The third-order valence-electron chi connectivity index (χ3n) is 6.30. The number of hydrogen-bond donors (Lipinski definition) is 1. The maximum atomic E-state index is 14.0. The van der Waals surface area contributed by atoms with Crippen molar-refractivity contribution < 1.29 is 23.7 Å². The topological polar surface area (TPSA) is 66.0 Å². The van der Waals surface area contributed by atoms with Crippen LogP contribution in [0.25, 0.3) is 0 Å². The summed E-state index contributed by atoms with van der Waals surface area (Å²) in [6, 6.07) is 30.3. The predicted octanol–water partition coefficient (Wildman–Crippen LogP) is 6.18. The molecule has 0 saturated heterocycles. The molecular formula is C31H32ClNO5. The van der Waals surface area contributed by atoms with Crippen molar-refractivity contribution >= 4 is 18.3 Å². The summed E-state index contributed by atoms with van der Waals surface area (Å²) < 4.78 is 22.0. The minimum Gasteiger partial charge on any atom is -0.493 e. The van der Waals surface area contributed by atoms with Crippen LogP contribution in [0.5, 0.6) is 23.0 Å². The Kier molecular flexibility index (Phi) is 10.0. The molecule has 7 heteroatoms. The fourth-order valence-corrected chi connectivity index (χ4v) is 4.44. The van der Waals surface area contributed by atoms with E-state index in [2.05, 4.69) is 5.32 Å². The van der Waals surface area contributed by atoms with E-state index in [-0.39, 0.29) is 18.3 Å². The van der Waals surface area contributed by atoms with Gasteiger partial charge in [-0.2, -0.15) is 0 Å². The normalized spacial score (nSPS) is 10.5. The van der Waals surface area contributed by atoms with Gasteiger partial charge < -0.3 is 24.3 Å². The number of amides is 1. The third-order valence-corrected chi connectivity index (χ3v) is 6.30. The average Bonchev–Trinajstić information content (AvgIpc) is 2.96. The zero-order valence-electron chi connectivity index (χ0n) is 21.8. The maximum Gasteiger partial charge on any atom is 0.232 e. The van der Waals surface area contributed by atoms with Crippen molar-refractivity contribution in [3.63, 3.8) is 0 Å². The second kappa shape index (κ2) is 13.4. The smallest absolute Gasteiger partial charge is 0.232 e. The highest BCUT2D eigenvalue weighted by Crippen LogP contribution is 2.36. The number of hydrogen-bond acceptors (Lipinski definition) is 5. The summed E-state index contributed by atoms with van der Waals surface area (Å²) >= 11 is 0. The molecule has 0 radical (unpaired) electrons. The van der Waals surface area contributed by atoms with Gasteiger partial charge in [0.05, 0.1) is 40.4 Å². The molecule has 1 N–H and O–H groups in total. The van der Waals surface area contributed by atoms with E-state index in [1.165, 1.54) is 0 Å². The van der Waals surface area contributed by atoms with Gasteiger partial charge in [0, 0.05) is 0 Å². The standard InChI is InChI=1S/C31H31NO5.ClH/c1-34-25-17-15-23(19-27(25)36-3)30(24-16-18-26(35-2)28(20-24)37-4)32-31(33)29(21-11-7-5-8-12-21)22-13-9-6-10-14-22;/h5-20,29-30H,1-4H3,(H,32,33);1H. The van der Waals surface area contributed by atoms with Crippen LogP contribution in [0.4, 0.5) is 0 Å². The van der Waals surface area contributed by atoms with Crippen molar-refractivity contribution in [3.8, 4) is 23.0 Å². The molecule has 0 bridgehead atoms. The lowest BCUT2D eigenvalue weighted by molar-refractivity contribution is -0.122. The van der Waals surface area contributed by atoms with E-state index >= 15 is 0 Å². The summed E-state index contributed by atoms with van der Waals surface area (Å²) in [7, 11) is 6.36. The third kappa shape index (κ3) is 6.21. The average molecular weight is 534 g/mol. The molecule has 0 fully saturated rings. The molecular weight excluding hydrogens is 502 g/mol. The Morgan fingerprint density at radius 2 is 0.947 bits per heavy atom. The molecule has 4 rings (SSSR count). The van der Waals surface area contributed by atoms with Crippen LogP contribution in [0, 0.1) is 0 Å². The van der Waals surface area contributed by atoms with Crippen LogP contribution < -0.4 is 24.3 Å². The molecule has 1 amide bonds. The molecule has 0 aliphatic carbocycles. The quantitative estimate of drug-likeness (QED) is 0.264. The number of carbonyl (C=O) groups is 1. The van der Waals surface area contributed by atoms with Crippen molar-refractivity contribution in [2.24, 2.45) is 0 Å². The predicted molar refractivity (Wildman–Crippen MR) is 151 cm³/mol. The number of carbonyl (C=O) groups excluding carboxylic acids is 1. The summed E-state index contributed by atoms with van der Waals surface area (Å²) in [5.41, 5.74) is 3.48. The summed E-state index contributed by atoms with van der Waals surface area (Å²) in [4.78, 5) is 14.0. The SMILES string of the molecule is COc1ccc(C(NC(=O)C(c2ccccc2)c2ccccc2)c2ccc(OC)c(OC)c2)cc1OC.Cl. The van der Waals surface area contributed by atoms with Crippen molar-refractivity contribution in [1.29, 1.82) is 0 Å². The summed E-state index contributed by atoms with van der Waals surface area (Å²) in [6.45, 7) is 0. The molecule has 198 valence electrons. The van der Waals surface area contributed by atoms with Crippen LogP contribution in [0.2, 0.25) is 0 Å². The molecule has 4 aromatic carbocycles. The van der Waals surface area contributed by atoms with Crippen LogP contribution in [-0.2, 0) is 4.79 Å². The molecule has 6 nitrogen and oxygen atoms in total. The Balaban J connectivity index is 0.00000400. The largest absolute Gasteiger partial charge is 0.493 e. The van der Waals surface area contributed by atoms with Gasteiger partial charge in [-0.25, -0.2) is 0 Å². The molecule has 0 saturated carbocycles. The fourth-order valence-electron chi connectivity index (χ4n) is 4.44. The summed E-state index contributed by atoms with van der Waals surface area (Å²) in [5, 5.41) is 3.29. The molecule has 0 aliphatic heterocycles. The van der Waals surface area contributed by atoms with E-state index in [9.17, 15) is 4.79 Å². The molecule has 0 spiro atoms. The first-order valence-corrected chi connectivity index (χ1v) is 11.9. The number of methoxy groups -OCH3 is 4. The van der Waals surface area contributed by atoms with E-state index in [1.54, 1.807) is 28.4 Å². The summed E-state index contributed by atoms with van der Waals surface area (Å²) in [6.07, 6.45) is 0. The van der Waals surface area contributed by atoms with Gasteiger partial charge in [0.15, 0.2) is 23.0 Å². The van der Waals surface area contributed by atoms with E-state index in [0.717, 1.165) is 22.3 Å². The Labute approximate surface area is 229 Å². The lowest BCUT2D eigenvalue weighted by Crippen LogP contribution is -2.34. The minimum atomic E-state index is -0.498. The summed E-state index contributed by atoms with van der Waals surface area (Å²) in [5.74, 6) is 1.73. The lowest BCUT2D eigenvalue weighted by Gasteiger charge is -2.25. The lowest BCUT2D eigenvalue weighted by atomic mass is 9.89. The number of rotatable bonds is 10. The Morgan fingerprint density at radius 3 is 1.32 bits per heavy atom. The minimum absolute atomic E-state index is 0. The maximum absolute atomic E-state index is 14.0. The van der Waals surface area contributed by atoms with Gasteiger partial charge in [-0.3, -0.25) is 4.79 Å². The van der Waals surface area contributed by atoms with Crippen molar-refractivity contribution in [2.75, 3.05) is 28.4 Å². The molecule has 0 aromatic heterocycles. The zero-order valence-corrected chi connectivity index (χ0v) is 22.7. The first kappa shape index (κ1) is 28.4. The Morgan fingerprint density at radius 1 is 0.553 bits per heavy atom. The van der Waals surface area contributed by atoms with E-state index in [0.29, 0.717) is 23.0 Å². The van der Waals surface area contributed by atoms with E-state index in [1.807, 2.05) is 97.1 Å². The number of nitrogens with one attached hydrogen (secondary N) is 1. The fraction of sp³-hybridized carbons (Fsp3) is 0.194. The van der Waals surface area contributed by atoms with Crippen molar-refractivity contribution in [2.45, 2.75) is 12.0 Å². The monoisotopic (exact) mass is 533 g/mol. The first-order valence-electron chi connectivity index (χ1n) is 11.9. The van der Waals surface area contributed by atoms with Gasteiger partial charge in [-0.15, -0.1) is 12.4 Å². The first-order chi connectivity index (χ1) is 18.1. The molecule has 38 heavy (non-hydrogen) atoms. The highest BCUT2D eigenvalue weighted by Gasteiger charge is 2.27. The molecule has 4 aromatic rings. The van der Waals surface area contributed by atoms with Crippen molar-refractivity contribution in [1.82, 2.24) is 5.32 Å². The van der Waals surface area contributed by atoms with Gasteiger partial charge in [-0.05, 0) is 46.5 Å². The highest BCUT2D eigenvalue weighted by atomic mass is 35.5. The highest BCUT2D eigenvalue weighted by molar-refractivity contribution is 5.88. The number of ether oxygens (including phenoxy) is 4. The molecule has 0 heterocycles. The van der Waals surface area contributed by atoms with E-state index < -0.39 is 12.0 Å². The zero-order chi connectivity index (χ0) is 26.2. The number of benzene rings is 4. The van der Waals surface area contributed by atoms with Gasteiger partial charge in [-0.1, -0.05) is 72.8 Å². The van der Waals surface area contributed by atoms with E-state index in [4.69, 9.17) is 18.9 Å². The second-order valence-electron chi connectivity index (χ2n) is 8.42. The second-order valence-corrected chi connectivity index (χ2v) is 8.42. The van der Waals surface area contributed by atoms with Crippen molar-refractivity contribution in [3.05, 3.63) is 119 Å². The van der Waals surface area contributed by atoms with Gasteiger partial charge in [0.2, 0.25) is 5.91 Å². The van der Waals surface area contributed by atoms with Crippen LogP contribution in [-0.4, -0.2) is 34.3 Å². The molecule has 0 atom stereocenters. The van der Waals surface area contributed by atoms with Crippen LogP contribution >= 0.6 is 12.4 Å². The molecule has 0 unspecified atom stereocenters. The molecule has 0 aliphatic rings. The van der Waals surface area contributed by atoms with Crippen LogP contribution in [0.3, 0.4) is 0 Å². The van der Waals surface area contributed by atoms with Gasteiger partial charge in [0.25, 0.3) is 0 Å². The van der Waals surface area contributed by atoms with Crippen LogP contribution in [0.1, 0.15) is 34.2 Å².